The van der Waals surface area contributed by atoms with Crippen LogP contribution in [0.5, 0.6) is 0 Å². The van der Waals surface area contributed by atoms with Crippen LogP contribution in [0.15, 0.2) is 47.4 Å². The first-order chi connectivity index (χ1) is 20.1. The Hall–Kier alpha value is -4.00. The van der Waals surface area contributed by atoms with E-state index in [1.54, 1.807) is 37.4 Å². The Morgan fingerprint density at radius 3 is 2.33 bits per heavy atom. The third kappa shape index (κ3) is 4.69. The molecule has 4 heterocycles. The quantitative estimate of drug-likeness (QED) is 0.240. The molecule has 0 bridgehead atoms. The molecular weight excluding hydrogens is 558 g/mol. The van der Waals surface area contributed by atoms with E-state index in [0.29, 0.717) is 41.4 Å². The van der Waals surface area contributed by atoms with Gasteiger partial charge < -0.3 is 19.1 Å². The van der Waals surface area contributed by atoms with Crippen molar-refractivity contribution >= 4 is 44.6 Å². The maximum atomic E-state index is 13.4. The van der Waals surface area contributed by atoms with Crippen LogP contribution in [0, 0.1) is 24.0 Å². The maximum Gasteiger partial charge on any atom is 0.294 e. The molecule has 11 nitrogen and oxygen atoms in total. The van der Waals surface area contributed by atoms with Crippen LogP contribution in [0.3, 0.4) is 0 Å². The van der Waals surface area contributed by atoms with Gasteiger partial charge in [-0.25, -0.2) is 8.42 Å². The zero-order chi connectivity index (χ0) is 29.8. The topological polar surface area (TPSA) is 118 Å². The van der Waals surface area contributed by atoms with E-state index in [9.17, 15) is 23.3 Å². The van der Waals surface area contributed by atoms with Gasteiger partial charge in [0, 0.05) is 61.8 Å². The van der Waals surface area contributed by atoms with Crippen LogP contribution < -0.4 is 9.80 Å². The summed E-state index contributed by atoms with van der Waals surface area (Å²) < 4.78 is 35.4. The summed E-state index contributed by atoms with van der Waals surface area (Å²) in [6.07, 6.45) is 3.82. The Bertz CT molecular complexity index is 1730. The molecule has 0 unspecified atom stereocenters. The molecule has 220 valence electrons. The minimum absolute atomic E-state index is 0.0670. The zero-order valence-corrected chi connectivity index (χ0v) is 24.7. The lowest BCUT2D eigenvalue weighted by Gasteiger charge is -2.26. The summed E-state index contributed by atoms with van der Waals surface area (Å²) in [5.41, 5.74) is 5.36. The molecule has 6 rings (SSSR count). The summed E-state index contributed by atoms with van der Waals surface area (Å²) in [5.74, 6) is -0.235. The van der Waals surface area contributed by atoms with Gasteiger partial charge >= 0.3 is 0 Å². The number of sulfonamides is 1. The third-order valence-electron chi connectivity index (χ3n) is 8.39. The number of amides is 1. The highest BCUT2D eigenvalue weighted by Crippen LogP contribution is 2.40. The molecule has 2 fully saturated rings. The van der Waals surface area contributed by atoms with Gasteiger partial charge in [0.1, 0.15) is 5.69 Å². The fraction of sp³-hybridized carbons (Fsp3) is 0.367. The van der Waals surface area contributed by atoms with Crippen molar-refractivity contribution in [2.75, 3.05) is 56.2 Å². The van der Waals surface area contributed by atoms with Gasteiger partial charge in [0.05, 0.1) is 34.4 Å². The molecule has 1 aromatic heterocycles. The van der Waals surface area contributed by atoms with Crippen LogP contribution in [0.4, 0.5) is 17.1 Å². The molecule has 1 amide bonds. The number of aromatic nitrogens is 1. The van der Waals surface area contributed by atoms with Gasteiger partial charge in [-0.15, -0.1) is 0 Å². The second-order valence-electron chi connectivity index (χ2n) is 10.9. The molecular formula is C30H33N5O6S. The Labute approximate surface area is 244 Å². The van der Waals surface area contributed by atoms with E-state index in [0.717, 1.165) is 42.9 Å². The van der Waals surface area contributed by atoms with Crippen LogP contribution in [0.2, 0.25) is 0 Å². The number of likely N-dealkylation sites (N-methyl/N-ethyl adjacent to an activating group) is 1. The summed E-state index contributed by atoms with van der Waals surface area (Å²) in [5, 5.41) is 12.0. The minimum atomic E-state index is -3.75. The van der Waals surface area contributed by atoms with Gasteiger partial charge in [-0.05, 0) is 74.7 Å². The van der Waals surface area contributed by atoms with E-state index in [4.69, 9.17) is 4.74 Å². The molecule has 0 aliphatic carbocycles. The summed E-state index contributed by atoms with van der Waals surface area (Å²) in [4.78, 5) is 28.8. The number of nitro groups is 1. The molecule has 0 atom stereocenters. The average Bonchev–Trinajstić information content (AvgIpc) is 3.68. The van der Waals surface area contributed by atoms with E-state index in [-0.39, 0.29) is 34.5 Å². The largest absolute Gasteiger partial charge is 0.379 e. The molecule has 3 aliphatic rings. The third-order valence-corrected chi connectivity index (χ3v) is 10.3. The Morgan fingerprint density at radius 2 is 1.64 bits per heavy atom. The van der Waals surface area contributed by atoms with Crippen molar-refractivity contribution in [2.24, 2.45) is 0 Å². The number of fused-ring (bicyclic) bond motifs is 1. The molecule has 2 aromatic carbocycles. The number of hydrogen-bond donors (Lipinski definition) is 0. The molecule has 0 N–H and O–H groups in total. The fourth-order valence-electron chi connectivity index (χ4n) is 6.17. The van der Waals surface area contributed by atoms with E-state index in [1.807, 2.05) is 36.6 Å². The van der Waals surface area contributed by atoms with Crippen molar-refractivity contribution in [2.45, 2.75) is 31.6 Å². The molecule has 12 heteroatoms. The first-order valence-corrected chi connectivity index (χ1v) is 15.5. The summed E-state index contributed by atoms with van der Waals surface area (Å²) in [6.45, 7) is 6.68. The number of rotatable bonds is 6. The maximum absolute atomic E-state index is 13.4. The molecule has 3 aromatic rings. The minimum Gasteiger partial charge on any atom is -0.379 e. The van der Waals surface area contributed by atoms with Crippen molar-refractivity contribution in [3.63, 3.8) is 0 Å². The van der Waals surface area contributed by atoms with Crippen molar-refractivity contribution in [3.8, 4) is 5.69 Å². The normalized spacial score (nSPS) is 18.7. The van der Waals surface area contributed by atoms with Crippen LogP contribution >= 0.6 is 0 Å². The Morgan fingerprint density at radius 1 is 0.952 bits per heavy atom. The first-order valence-electron chi connectivity index (χ1n) is 14.0. The SMILES string of the molecule is Cc1cc(C=C2C(=O)N(C)c3ccc(S(=O)(=O)N4CCOCC4)cc32)c(C)n1-c1ccc(N2CCCC2)c([N+](=O)[O-])c1. The van der Waals surface area contributed by atoms with Gasteiger partial charge in [0.15, 0.2) is 0 Å². The molecule has 0 radical (unpaired) electrons. The lowest BCUT2D eigenvalue weighted by molar-refractivity contribution is -0.384. The van der Waals surface area contributed by atoms with Gasteiger partial charge in [-0.3, -0.25) is 14.9 Å². The van der Waals surface area contributed by atoms with E-state index in [2.05, 4.69) is 4.90 Å². The lowest BCUT2D eigenvalue weighted by Crippen LogP contribution is -2.40. The number of nitro benzene ring substituents is 1. The van der Waals surface area contributed by atoms with Gasteiger partial charge in [-0.2, -0.15) is 4.31 Å². The molecule has 0 spiro atoms. The van der Waals surface area contributed by atoms with E-state index < -0.39 is 10.0 Å². The van der Waals surface area contributed by atoms with Crippen LogP contribution in [-0.2, 0) is 19.6 Å². The predicted molar refractivity (Wildman–Crippen MR) is 161 cm³/mol. The second kappa shape index (κ2) is 10.7. The highest BCUT2D eigenvalue weighted by molar-refractivity contribution is 7.89. The number of benzene rings is 2. The molecule has 2 saturated heterocycles. The number of hydrogen-bond acceptors (Lipinski definition) is 7. The van der Waals surface area contributed by atoms with Crippen molar-refractivity contribution in [1.29, 1.82) is 0 Å². The van der Waals surface area contributed by atoms with Gasteiger partial charge in [0.2, 0.25) is 10.0 Å². The standard InChI is InChI=1S/C30H33N5O6S/c1-20-16-22(21(2)34(20)23-6-8-28(29(18-23)35(37)38)32-10-4-5-11-32)17-26-25-19-24(7-9-27(25)31(3)30(26)36)42(39,40)33-12-14-41-15-13-33/h6-9,16-19H,4-5,10-15H2,1-3H3. The number of aryl methyl sites for hydroxylation is 1. The molecule has 3 aliphatic heterocycles. The van der Waals surface area contributed by atoms with E-state index >= 15 is 0 Å². The lowest BCUT2D eigenvalue weighted by atomic mass is 10.0. The number of carbonyl (C=O) groups is 1. The number of carbonyl (C=O) groups excluding carboxylic acids is 1. The van der Waals surface area contributed by atoms with Crippen LogP contribution in [-0.4, -0.2) is 74.6 Å². The monoisotopic (exact) mass is 591 g/mol. The Kier molecular flexibility index (Phi) is 7.16. The highest BCUT2D eigenvalue weighted by Gasteiger charge is 2.34. The van der Waals surface area contributed by atoms with Crippen LogP contribution in [0.1, 0.15) is 35.4 Å². The summed E-state index contributed by atoms with van der Waals surface area (Å²) in [6, 6.07) is 12.0. The molecule has 0 saturated carbocycles. The second-order valence-corrected chi connectivity index (χ2v) is 12.8. The van der Waals surface area contributed by atoms with Crippen molar-refractivity contribution in [3.05, 3.63) is 75.1 Å². The number of morpholine rings is 1. The predicted octanol–water partition coefficient (Wildman–Crippen LogP) is 4.14. The van der Waals surface area contributed by atoms with Crippen molar-refractivity contribution < 1.29 is 22.9 Å². The van der Waals surface area contributed by atoms with E-state index in [1.165, 1.54) is 9.21 Å². The summed E-state index contributed by atoms with van der Waals surface area (Å²) in [7, 11) is -2.08. The van der Waals surface area contributed by atoms with Crippen molar-refractivity contribution in [1.82, 2.24) is 8.87 Å². The Balaban J connectivity index is 1.40. The molecule has 42 heavy (non-hydrogen) atoms. The van der Waals surface area contributed by atoms with Gasteiger partial charge in [-0.1, -0.05) is 0 Å². The first kappa shape index (κ1) is 28.1. The van der Waals surface area contributed by atoms with Gasteiger partial charge in [0.25, 0.3) is 11.6 Å². The zero-order valence-electron chi connectivity index (χ0n) is 23.9. The summed E-state index contributed by atoms with van der Waals surface area (Å²) >= 11 is 0. The highest BCUT2D eigenvalue weighted by atomic mass is 32.2. The van der Waals surface area contributed by atoms with Crippen LogP contribution in [0.25, 0.3) is 17.3 Å². The number of ether oxygens (including phenoxy) is 1. The number of nitrogens with zero attached hydrogens (tertiary/aromatic N) is 5. The average molecular weight is 592 g/mol. The fourth-order valence-corrected chi connectivity index (χ4v) is 7.61. The number of anilines is 2. The smallest absolute Gasteiger partial charge is 0.294 e.